The quantitative estimate of drug-likeness (QED) is 0.303. The fraction of sp³-hybridized carbons (Fsp3) is 0.667. The van der Waals surface area contributed by atoms with Gasteiger partial charge in [-0.1, -0.05) is 141 Å². The van der Waals surface area contributed by atoms with E-state index in [1.807, 2.05) is 0 Å². The Bertz CT molecular complexity index is 872. The van der Waals surface area contributed by atoms with Gasteiger partial charge in [-0.25, -0.2) is 0 Å². The summed E-state index contributed by atoms with van der Waals surface area (Å²) in [4.78, 5) is 0. The monoisotopic (exact) mass is 546 g/mol. The molecule has 0 aliphatic heterocycles. The van der Waals surface area contributed by atoms with Gasteiger partial charge in [0, 0.05) is 0 Å². The Morgan fingerprint density at radius 3 is 0.895 bits per heavy atom. The van der Waals surface area contributed by atoms with Crippen LogP contribution in [0.25, 0.3) is 11.1 Å². The molecule has 4 fully saturated rings. The fourth-order valence-corrected chi connectivity index (χ4v) is 16.6. The lowest BCUT2D eigenvalue weighted by Gasteiger charge is -2.41. The van der Waals surface area contributed by atoms with E-state index in [-0.39, 0.29) is 15.8 Å². The van der Waals surface area contributed by atoms with Crippen LogP contribution in [0.2, 0.25) is 0 Å². The molecule has 6 rings (SSSR count). The lowest BCUT2D eigenvalue weighted by molar-refractivity contribution is 0.487. The first-order valence-corrected chi connectivity index (χ1v) is 19.6. The molecule has 0 unspecified atom stereocenters. The summed E-state index contributed by atoms with van der Waals surface area (Å²) in [5, 5.41) is 3.60. The van der Waals surface area contributed by atoms with Gasteiger partial charge in [0.05, 0.1) is 0 Å². The van der Waals surface area contributed by atoms with Crippen LogP contribution in [0.15, 0.2) is 48.5 Å². The number of benzene rings is 2. The first kappa shape index (κ1) is 27.5. The predicted octanol–water partition coefficient (Wildman–Crippen LogP) is 10.9. The van der Waals surface area contributed by atoms with Crippen molar-refractivity contribution in [1.29, 1.82) is 0 Å². The van der Waals surface area contributed by atoms with Gasteiger partial charge in [-0.05, 0) is 95.7 Å². The smallest absolute Gasteiger partial charge is 0.0100 e. The van der Waals surface area contributed by atoms with E-state index in [0.29, 0.717) is 0 Å². The Morgan fingerprint density at radius 1 is 0.342 bits per heavy atom. The van der Waals surface area contributed by atoms with E-state index in [1.54, 1.807) is 21.7 Å². The second kappa shape index (κ2) is 13.8. The predicted molar refractivity (Wildman–Crippen MR) is 172 cm³/mol. The Kier molecular flexibility index (Phi) is 9.96. The lowest BCUT2D eigenvalue weighted by Crippen LogP contribution is -2.29. The van der Waals surface area contributed by atoms with Crippen molar-refractivity contribution in [1.82, 2.24) is 0 Å². The molecule has 2 aromatic carbocycles. The first-order valence-electron chi connectivity index (χ1n) is 16.7. The van der Waals surface area contributed by atoms with Crippen molar-refractivity contribution in [2.24, 2.45) is 0 Å². The zero-order valence-corrected chi connectivity index (χ0v) is 25.8. The van der Waals surface area contributed by atoms with Crippen LogP contribution in [-0.2, 0) is 0 Å². The minimum Gasteiger partial charge on any atom is -0.0683 e. The molecule has 0 bridgehead atoms. The van der Waals surface area contributed by atoms with Crippen LogP contribution < -0.4 is 10.6 Å². The maximum Gasteiger partial charge on any atom is -0.0100 e. The van der Waals surface area contributed by atoms with Crippen molar-refractivity contribution in [3.05, 3.63) is 48.5 Å². The van der Waals surface area contributed by atoms with E-state index in [2.05, 4.69) is 48.5 Å². The van der Waals surface area contributed by atoms with Gasteiger partial charge in [-0.15, -0.1) is 0 Å². The van der Waals surface area contributed by atoms with E-state index in [1.165, 1.54) is 128 Å². The van der Waals surface area contributed by atoms with E-state index >= 15 is 0 Å². The molecule has 0 N–H and O–H groups in total. The average Bonchev–Trinajstić information content (AvgIpc) is 3.00. The minimum atomic E-state index is -0.0899. The molecule has 4 aliphatic carbocycles. The molecule has 0 heterocycles. The average molecular weight is 547 g/mol. The van der Waals surface area contributed by atoms with Crippen molar-refractivity contribution in [3.8, 4) is 11.1 Å². The normalized spacial score (nSPS) is 23.3. The molecule has 0 amide bonds. The fourth-order valence-electron chi connectivity index (χ4n) is 8.67. The summed E-state index contributed by atoms with van der Waals surface area (Å²) in [6.07, 6.45) is 29.7. The first-order chi connectivity index (χ1) is 18.9. The third-order valence-corrected chi connectivity index (χ3v) is 17.6. The second-order valence-corrected chi connectivity index (χ2v) is 18.5. The van der Waals surface area contributed by atoms with Crippen molar-refractivity contribution in [2.45, 2.75) is 151 Å². The highest BCUT2D eigenvalue weighted by molar-refractivity contribution is 7.68. The SMILES string of the molecule is c1ccc(P(C2CCCCC2)C2CCCCC2)c(-c2ccccc2P(C2CCCCC2)C2CCCCC2)c1. The Balaban J connectivity index is 1.42. The zero-order chi connectivity index (χ0) is 25.6. The second-order valence-electron chi connectivity index (χ2n) is 13.0. The molecular weight excluding hydrogens is 494 g/mol. The third kappa shape index (κ3) is 6.28. The van der Waals surface area contributed by atoms with Crippen LogP contribution in [0.3, 0.4) is 0 Å². The largest absolute Gasteiger partial charge is 0.0683 e. The molecule has 0 nitrogen and oxygen atoms in total. The van der Waals surface area contributed by atoms with Gasteiger partial charge in [-0.2, -0.15) is 0 Å². The molecule has 0 spiro atoms. The van der Waals surface area contributed by atoms with Gasteiger partial charge in [0.15, 0.2) is 0 Å². The summed E-state index contributed by atoms with van der Waals surface area (Å²) in [6, 6.07) is 19.9. The van der Waals surface area contributed by atoms with E-state index in [4.69, 9.17) is 0 Å². The van der Waals surface area contributed by atoms with Crippen LogP contribution >= 0.6 is 15.8 Å². The standard InChI is InChI=1S/C36H52P2/c1-5-17-29(18-6-1)37(30-19-7-2-8-20-30)35-27-15-13-25-33(35)34-26-14-16-28-36(34)38(31-21-9-3-10-22-31)32-23-11-4-12-24-32/h13-16,25-32H,1-12,17-24H2. The van der Waals surface area contributed by atoms with Crippen molar-refractivity contribution in [2.75, 3.05) is 0 Å². The molecule has 0 saturated heterocycles. The summed E-state index contributed by atoms with van der Waals surface area (Å²) in [7, 11) is -0.180. The van der Waals surface area contributed by atoms with Gasteiger partial charge in [0.2, 0.25) is 0 Å². The Morgan fingerprint density at radius 2 is 0.605 bits per heavy atom. The van der Waals surface area contributed by atoms with Gasteiger partial charge in [-0.3, -0.25) is 0 Å². The van der Waals surface area contributed by atoms with Crippen LogP contribution in [0, 0.1) is 0 Å². The molecular formula is C36H52P2. The van der Waals surface area contributed by atoms with E-state index in [9.17, 15) is 0 Å². The Labute approximate surface area is 236 Å². The summed E-state index contributed by atoms with van der Waals surface area (Å²) in [6.45, 7) is 0. The number of hydrogen-bond donors (Lipinski definition) is 0. The molecule has 2 aromatic rings. The van der Waals surface area contributed by atoms with E-state index < -0.39 is 0 Å². The van der Waals surface area contributed by atoms with Crippen molar-refractivity contribution < 1.29 is 0 Å². The highest BCUT2D eigenvalue weighted by Crippen LogP contribution is 2.58. The Hall–Kier alpha value is -0.700. The zero-order valence-electron chi connectivity index (χ0n) is 24.0. The third-order valence-electron chi connectivity index (χ3n) is 10.5. The van der Waals surface area contributed by atoms with E-state index in [0.717, 1.165) is 22.6 Å². The molecule has 4 saturated carbocycles. The lowest BCUT2D eigenvalue weighted by atomic mass is 9.99. The highest BCUT2D eigenvalue weighted by atomic mass is 31.1. The molecule has 4 aliphatic rings. The molecule has 0 radical (unpaired) electrons. The molecule has 206 valence electrons. The summed E-state index contributed by atoms with van der Waals surface area (Å²) in [5.41, 5.74) is 7.18. The highest BCUT2D eigenvalue weighted by Gasteiger charge is 2.36. The molecule has 0 atom stereocenters. The van der Waals surface area contributed by atoms with Crippen molar-refractivity contribution >= 4 is 26.5 Å². The van der Waals surface area contributed by atoms with Gasteiger partial charge >= 0.3 is 0 Å². The number of rotatable bonds is 7. The van der Waals surface area contributed by atoms with Crippen molar-refractivity contribution in [3.63, 3.8) is 0 Å². The van der Waals surface area contributed by atoms with Gasteiger partial charge in [0.25, 0.3) is 0 Å². The van der Waals surface area contributed by atoms with Crippen LogP contribution in [0.4, 0.5) is 0 Å². The van der Waals surface area contributed by atoms with Gasteiger partial charge < -0.3 is 0 Å². The molecule has 38 heavy (non-hydrogen) atoms. The van der Waals surface area contributed by atoms with Crippen LogP contribution in [0.5, 0.6) is 0 Å². The number of hydrogen-bond acceptors (Lipinski definition) is 0. The molecule has 2 heteroatoms. The topological polar surface area (TPSA) is 0 Å². The summed E-state index contributed by atoms with van der Waals surface area (Å²) < 4.78 is 0. The summed E-state index contributed by atoms with van der Waals surface area (Å²) >= 11 is 0. The van der Waals surface area contributed by atoms with Crippen LogP contribution in [0.1, 0.15) is 128 Å². The summed E-state index contributed by atoms with van der Waals surface area (Å²) in [5.74, 6) is 0. The maximum atomic E-state index is 2.62. The van der Waals surface area contributed by atoms with Gasteiger partial charge in [0.1, 0.15) is 0 Å². The minimum absolute atomic E-state index is 0.0899. The van der Waals surface area contributed by atoms with Crippen LogP contribution in [-0.4, -0.2) is 22.6 Å². The maximum absolute atomic E-state index is 2.62. The molecule has 0 aromatic heterocycles.